The molecular formula is C28H26N4O5. The number of amides is 1. The average Bonchev–Trinajstić information content (AvgIpc) is 2.91. The maximum atomic E-state index is 12.6. The highest BCUT2D eigenvalue weighted by molar-refractivity contribution is 5.91. The molecule has 0 aliphatic carbocycles. The summed E-state index contributed by atoms with van der Waals surface area (Å²) < 4.78 is 16.3. The number of nitrogens with one attached hydrogen (secondary N) is 1. The lowest BCUT2D eigenvalue weighted by molar-refractivity contribution is -0.139. The molecule has 0 aliphatic rings. The van der Waals surface area contributed by atoms with E-state index in [2.05, 4.69) is 25.0 Å². The van der Waals surface area contributed by atoms with Crippen LogP contribution < -0.4 is 14.8 Å². The minimum atomic E-state index is -0.313. The smallest absolute Gasteiger partial charge is 0.309 e. The van der Waals surface area contributed by atoms with E-state index in [9.17, 15) is 9.59 Å². The Kier molecular flexibility index (Phi) is 8.38. The lowest BCUT2D eigenvalue weighted by Gasteiger charge is -2.12. The number of carbonyl (C=O) groups excluding carboxylic acids is 2. The third-order valence-electron chi connectivity index (χ3n) is 5.25. The summed E-state index contributed by atoms with van der Waals surface area (Å²) in [6.45, 7) is 2.43. The zero-order valence-electron chi connectivity index (χ0n) is 20.5. The standard InChI is InChI=1S/C28H26N4O5/c1-3-36-24-6-4-5-7-25(24)37-22-14-21(15-29-16-22)23-17-30-18-26(31-23)32-27(33)12-19-8-10-20(11-9-19)13-28(34)35-2/h4-11,14-18H,3,12-13H2,1-2H3,(H,31,32,33). The minimum absolute atomic E-state index is 0.147. The molecule has 188 valence electrons. The third-order valence-corrected chi connectivity index (χ3v) is 5.25. The molecule has 1 amide bonds. The normalized spacial score (nSPS) is 10.4. The number of rotatable bonds is 10. The zero-order valence-corrected chi connectivity index (χ0v) is 20.5. The van der Waals surface area contributed by atoms with E-state index in [0.717, 1.165) is 11.1 Å². The second-order valence-corrected chi connectivity index (χ2v) is 7.98. The predicted molar refractivity (Wildman–Crippen MR) is 137 cm³/mol. The van der Waals surface area contributed by atoms with Crippen molar-refractivity contribution in [2.24, 2.45) is 0 Å². The molecule has 0 unspecified atom stereocenters. The van der Waals surface area contributed by atoms with Crippen LogP contribution in [0.4, 0.5) is 5.82 Å². The average molecular weight is 499 g/mol. The molecule has 1 N–H and O–H groups in total. The molecule has 2 heterocycles. The van der Waals surface area contributed by atoms with Gasteiger partial charge in [-0.15, -0.1) is 0 Å². The van der Waals surface area contributed by atoms with Crippen LogP contribution in [0, 0.1) is 0 Å². The van der Waals surface area contributed by atoms with Crippen molar-refractivity contribution in [3.05, 3.63) is 90.5 Å². The van der Waals surface area contributed by atoms with Crippen LogP contribution in [-0.4, -0.2) is 40.5 Å². The molecule has 0 radical (unpaired) electrons. The van der Waals surface area contributed by atoms with Gasteiger partial charge in [0.2, 0.25) is 5.91 Å². The van der Waals surface area contributed by atoms with E-state index >= 15 is 0 Å². The molecule has 0 spiro atoms. The highest BCUT2D eigenvalue weighted by atomic mass is 16.5. The number of esters is 1. The largest absolute Gasteiger partial charge is 0.490 e. The van der Waals surface area contributed by atoms with Gasteiger partial charge in [-0.05, 0) is 36.2 Å². The molecule has 9 nitrogen and oxygen atoms in total. The van der Waals surface area contributed by atoms with Crippen molar-refractivity contribution in [1.82, 2.24) is 15.0 Å². The molecule has 0 saturated carbocycles. The Labute approximate surface area is 214 Å². The summed E-state index contributed by atoms with van der Waals surface area (Å²) in [4.78, 5) is 37.0. The number of para-hydroxylation sites is 2. The van der Waals surface area contributed by atoms with Crippen molar-refractivity contribution in [2.45, 2.75) is 19.8 Å². The molecule has 0 saturated heterocycles. The molecule has 4 rings (SSSR count). The first-order valence-corrected chi connectivity index (χ1v) is 11.7. The summed E-state index contributed by atoms with van der Waals surface area (Å²) in [5.41, 5.74) is 2.82. The lowest BCUT2D eigenvalue weighted by atomic mass is 10.1. The van der Waals surface area contributed by atoms with Gasteiger partial charge in [-0.2, -0.15) is 0 Å². The SMILES string of the molecule is CCOc1ccccc1Oc1cncc(-c2cncc(NC(=O)Cc3ccc(CC(=O)OC)cc3)n2)c1. The van der Waals surface area contributed by atoms with Gasteiger partial charge in [0, 0.05) is 11.8 Å². The van der Waals surface area contributed by atoms with Gasteiger partial charge < -0.3 is 19.5 Å². The van der Waals surface area contributed by atoms with E-state index in [1.165, 1.54) is 13.3 Å². The maximum absolute atomic E-state index is 12.6. The first-order chi connectivity index (χ1) is 18.0. The highest BCUT2D eigenvalue weighted by Crippen LogP contribution is 2.32. The molecular weight excluding hydrogens is 472 g/mol. The van der Waals surface area contributed by atoms with Gasteiger partial charge in [-0.3, -0.25) is 19.6 Å². The number of ether oxygens (including phenoxy) is 3. The number of methoxy groups -OCH3 is 1. The summed E-state index contributed by atoms with van der Waals surface area (Å²) in [6, 6.07) is 16.4. The van der Waals surface area contributed by atoms with E-state index in [0.29, 0.717) is 40.9 Å². The Bertz CT molecular complexity index is 1380. The molecule has 0 fully saturated rings. The summed E-state index contributed by atoms with van der Waals surface area (Å²) in [5, 5.41) is 2.78. The second kappa shape index (κ2) is 12.3. The third kappa shape index (κ3) is 7.11. The number of hydrogen-bond donors (Lipinski definition) is 1. The van der Waals surface area contributed by atoms with E-state index in [-0.39, 0.29) is 24.7 Å². The fraction of sp³-hybridized carbons (Fsp3) is 0.179. The Morgan fingerprint density at radius 3 is 2.30 bits per heavy atom. The molecule has 0 bridgehead atoms. The van der Waals surface area contributed by atoms with Gasteiger partial charge in [-0.1, -0.05) is 36.4 Å². The number of nitrogens with zero attached hydrogens (tertiary/aromatic N) is 3. The van der Waals surface area contributed by atoms with Crippen LogP contribution in [0.2, 0.25) is 0 Å². The molecule has 2 aromatic carbocycles. The lowest BCUT2D eigenvalue weighted by Crippen LogP contribution is -2.15. The molecule has 4 aromatic rings. The zero-order chi connectivity index (χ0) is 26.0. The first kappa shape index (κ1) is 25.3. The van der Waals surface area contributed by atoms with Gasteiger partial charge in [0.25, 0.3) is 0 Å². The maximum Gasteiger partial charge on any atom is 0.309 e. The summed E-state index contributed by atoms with van der Waals surface area (Å²) in [7, 11) is 1.35. The van der Waals surface area contributed by atoms with Crippen LogP contribution in [-0.2, 0) is 27.2 Å². The number of pyridine rings is 1. The Hall–Kier alpha value is -4.79. The van der Waals surface area contributed by atoms with Gasteiger partial charge in [0.15, 0.2) is 17.3 Å². The fourth-order valence-electron chi connectivity index (χ4n) is 3.50. The van der Waals surface area contributed by atoms with E-state index < -0.39 is 0 Å². The van der Waals surface area contributed by atoms with E-state index in [1.54, 1.807) is 48.9 Å². The van der Waals surface area contributed by atoms with Crippen molar-refractivity contribution in [3.8, 4) is 28.5 Å². The van der Waals surface area contributed by atoms with Crippen molar-refractivity contribution in [1.29, 1.82) is 0 Å². The van der Waals surface area contributed by atoms with Crippen LogP contribution in [0.25, 0.3) is 11.3 Å². The predicted octanol–water partition coefficient (Wildman–Crippen LogP) is 4.63. The van der Waals surface area contributed by atoms with Gasteiger partial charge in [0.05, 0.1) is 50.8 Å². The van der Waals surface area contributed by atoms with Crippen molar-refractivity contribution in [2.75, 3.05) is 19.0 Å². The van der Waals surface area contributed by atoms with Gasteiger partial charge in [-0.25, -0.2) is 4.98 Å². The highest BCUT2D eigenvalue weighted by Gasteiger charge is 2.11. The number of anilines is 1. The Morgan fingerprint density at radius 1 is 0.865 bits per heavy atom. The Morgan fingerprint density at radius 2 is 1.57 bits per heavy atom. The van der Waals surface area contributed by atoms with Gasteiger partial charge >= 0.3 is 5.97 Å². The number of hydrogen-bond acceptors (Lipinski definition) is 8. The van der Waals surface area contributed by atoms with E-state index in [1.807, 2.05) is 31.2 Å². The first-order valence-electron chi connectivity index (χ1n) is 11.7. The monoisotopic (exact) mass is 498 g/mol. The van der Waals surface area contributed by atoms with Gasteiger partial charge in [0.1, 0.15) is 5.75 Å². The molecule has 37 heavy (non-hydrogen) atoms. The minimum Gasteiger partial charge on any atom is -0.490 e. The van der Waals surface area contributed by atoms with Crippen LogP contribution in [0.3, 0.4) is 0 Å². The van der Waals surface area contributed by atoms with Crippen molar-refractivity contribution < 1.29 is 23.8 Å². The number of aromatic nitrogens is 3. The topological polar surface area (TPSA) is 113 Å². The second-order valence-electron chi connectivity index (χ2n) is 7.98. The van der Waals surface area contributed by atoms with Crippen LogP contribution in [0.1, 0.15) is 18.1 Å². The van der Waals surface area contributed by atoms with Crippen molar-refractivity contribution >= 4 is 17.7 Å². The van der Waals surface area contributed by atoms with Crippen LogP contribution >= 0.6 is 0 Å². The summed E-state index contributed by atoms with van der Waals surface area (Å²) >= 11 is 0. The quantitative estimate of drug-likeness (QED) is 0.315. The van der Waals surface area contributed by atoms with Crippen LogP contribution in [0.5, 0.6) is 17.2 Å². The summed E-state index contributed by atoms with van der Waals surface area (Å²) in [6.07, 6.45) is 6.64. The number of benzene rings is 2. The van der Waals surface area contributed by atoms with Crippen molar-refractivity contribution in [3.63, 3.8) is 0 Å². The molecule has 2 aromatic heterocycles. The Balaban J connectivity index is 1.42. The molecule has 0 atom stereocenters. The van der Waals surface area contributed by atoms with Crippen LogP contribution in [0.15, 0.2) is 79.4 Å². The summed E-state index contributed by atoms with van der Waals surface area (Å²) in [5.74, 6) is 1.49. The fourth-order valence-corrected chi connectivity index (χ4v) is 3.50. The number of carbonyl (C=O) groups is 2. The molecule has 0 aliphatic heterocycles. The molecule has 9 heteroatoms. The van der Waals surface area contributed by atoms with E-state index in [4.69, 9.17) is 9.47 Å².